The van der Waals surface area contributed by atoms with Crippen LogP contribution in [-0.2, 0) is 18.8 Å². The second-order valence-electron chi connectivity index (χ2n) is 3.88. The SMILES string of the molecule is C=CCn1c(CN)nnc1SCc1nc(C(=O)NC)no1. The van der Waals surface area contributed by atoms with E-state index in [1.54, 1.807) is 6.08 Å². The zero-order valence-electron chi connectivity index (χ0n) is 11.4. The Hall–Kier alpha value is -2.20. The molecular formula is C11H15N7O2S. The monoisotopic (exact) mass is 309 g/mol. The molecule has 10 heteroatoms. The fourth-order valence-electron chi connectivity index (χ4n) is 1.53. The molecule has 3 N–H and O–H groups in total. The summed E-state index contributed by atoms with van der Waals surface area (Å²) in [6.07, 6.45) is 1.74. The largest absolute Gasteiger partial charge is 0.352 e. The summed E-state index contributed by atoms with van der Waals surface area (Å²) in [5.74, 6) is 0.998. The van der Waals surface area contributed by atoms with Crippen molar-refractivity contribution in [3.05, 3.63) is 30.2 Å². The van der Waals surface area contributed by atoms with Crippen LogP contribution in [0.3, 0.4) is 0 Å². The van der Waals surface area contributed by atoms with Gasteiger partial charge in [-0.2, -0.15) is 4.98 Å². The van der Waals surface area contributed by atoms with Crippen molar-refractivity contribution in [2.45, 2.75) is 24.0 Å². The van der Waals surface area contributed by atoms with E-state index in [4.69, 9.17) is 10.3 Å². The average molecular weight is 309 g/mol. The van der Waals surface area contributed by atoms with E-state index >= 15 is 0 Å². The van der Waals surface area contributed by atoms with E-state index in [1.807, 2.05) is 4.57 Å². The molecule has 0 saturated carbocycles. The van der Waals surface area contributed by atoms with Gasteiger partial charge in [-0.3, -0.25) is 4.79 Å². The third-order valence-electron chi connectivity index (χ3n) is 2.51. The van der Waals surface area contributed by atoms with Gasteiger partial charge in [0.05, 0.1) is 12.3 Å². The van der Waals surface area contributed by atoms with Crippen LogP contribution in [0.1, 0.15) is 22.3 Å². The van der Waals surface area contributed by atoms with Gasteiger partial charge in [0, 0.05) is 13.6 Å². The van der Waals surface area contributed by atoms with Crippen molar-refractivity contribution in [3.63, 3.8) is 0 Å². The number of amides is 1. The first kappa shape index (κ1) is 15.2. The van der Waals surface area contributed by atoms with Crippen molar-refractivity contribution in [2.24, 2.45) is 5.73 Å². The lowest BCUT2D eigenvalue weighted by molar-refractivity contribution is 0.0950. The van der Waals surface area contributed by atoms with E-state index in [1.165, 1.54) is 18.8 Å². The summed E-state index contributed by atoms with van der Waals surface area (Å²) in [5, 5.41) is 14.7. The molecule has 0 radical (unpaired) electrons. The molecule has 2 rings (SSSR count). The quantitative estimate of drug-likeness (QED) is 0.539. The fourth-order valence-corrected chi connectivity index (χ4v) is 2.34. The molecule has 0 aliphatic rings. The minimum Gasteiger partial charge on any atom is -0.352 e. The molecule has 0 aliphatic carbocycles. The van der Waals surface area contributed by atoms with Gasteiger partial charge in [0.1, 0.15) is 5.82 Å². The second kappa shape index (κ2) is 6.99. The van der Waals surface area contributed by atoms with Crippen molar-refractivity contribution < 1.29 is 9.32 Å². The zero-order valence-corrected chi connectivity index (χ0v) is 12.3. The summed E-state index contributed by atoms with van der Waals surface area (Å²) in [5.41, 5.74) is 5.60. The van der Waals surface area contributed by atoms with Crippen LogP contribution < -0.4 is 11.1 Å². The van der Waals surface area contributed by atoms with Crippen LogP contribution in [0.2, 0.25) is 0 Å². The maximum Gasteiger partial charge on any atom is 0.292 e. The topological polar surface area (TPSA) is 125 Å². The molecule has 0 unspecified atom stereocenters. The highest BCUT2D eigenvalue weighted by molar-refractivity contribution is 7.98. The average Bonchev–Trinajstić information content (AvgIpc) is 3.11. The maximum absolute atomic E-state index is 11.3. The van der Waals surface area contributed by atoms with Gasteiger partial charge >= 0.3 is 0 Å². The lowest BCUT2D eigenvalue weighted by Gasteiger charge is -2.04. The van der Waals surface area contributed by atoms with Gasteiger partial charge in [-0.15, -0.1) is 16.8 Å². The van der Waals surface area contributed by atoms with E-state index in [0.717, 1.165) is 0 Å². The number of aromatic nitrogens is 5. The molecule has 0 aliphatic heterocycles. The Labute approximate surface area is 125 Å². The highest BCUT2D eigenvalue weighted by Crippen LogP contribution is 2.21. The van der Waals surface area contributed by atoms with Crippen molar-refractivity contribution in [3.8, 4) is 0 Å². The molecule has 0 spiro atoms. The van der Waals surface area contributed by atoms with E-state index in [2.05, 4.69) is 32.2 Å². The Morgan fingerprint density at radius 1 is 1.57 bits per heavy atom. The lowest BCUT2D eigenvalue weighted by atomic mass is 10.5. The summed E-state index contributed by atoms with van der Waals surface area (Å²) < 4.78 is 6.85. The summed E-state index contributed by atoms with van der Waals surface area (Å²) in [6, 6.07) is 0. The number of carbonyl (C=O) groups excluding carboxylic acids is 1. The summed E-state index contributed by atoms with van der Waals surface area (Å²) >= 11 is 1.37. The van der Waals surface area contributed by atoms with Crippen LogP contribution in [0.25, 0.3) is 0 Å². The fraction of sp³-hybridized carbons (Fsp3) is 0.364. The van der Waals surface area contributed by atoms with Crippen LogP contribution in [0.4, 0.5) is 0 Å². The van der Waals surface area contributed by atoms with Gasteiger partial charge in [0.2, 0.25) is 5.89 Å². The first-order valence-corrected chi connectivity index (χ1v) is 7.08. The van der Waals surface area contributed by atoms with Gasteiger partial charge in [-0.05, 0) is 0 Å². The van der Waals surface area contributed by atoms with Crippen molar-refractivity contribution in [1.82, 2.24) is 30.2 Å². The van der Waals surface area contributed by atoms with Crippen LogP contribution in [0.15, 0.2) is 22.3 Å². The van der Waals surface area contributed by atoms with E-state index in [0.29, 0.717) is 35.7 Å². The van der Waals surface area contributed by atoms with E-state index in [-0.39, 0.29) is 5.82 Å². The number of rotatable bonds is 7. The van der Waals surface area contributed by atoms with Gasteiger partial charge in [0.25, 0.3) is 11.7 Å². The Bertz CT molecular complexity index is 636. The standard InChI is InChI=1S/C11H15N7O2S/c1-3-4-18-7(5-12)15-16-11(18)21-6-8-14-9(17-20-8)10(19)13-2/h3H,1,4-6,12H2,2H3,(H,13,19). The Morgan fingerprint density at radius 2 is 2.38 bits per heavy atom. The van der Waals surface area contributed by atoms with Crippen molar-refractivity contribution >= 4 is 17.7 Å². The third-order valence-corrected chi connectivity index (χ3v) is 3.46. The highest BCUT2D eigenvalue weighted by Gasteiger charge is 2.15. The first-order chi connectivity index (χ1) is 10.2. The minimum atomic E-state index is -0.393. The smallest absolute Gasteiger partial charge is 0.292 e. The first-order valence-electron chi connectivity index (χ1n) is 6.10. The summed E-state index contributed by atoms with van der Waals surface area (Å²) in [6.45, 7) is 4.55. The molecule has 0 fully saturated rings. The predicted molar refractivity (Wildman–Crippen MR) is 75.4 cm³/mol. The molecule has 21 heavy (non-hydrogen) atoms. The van der Waals surface area contributed by atoms with Gasteiger partial charge in [-0.1, -0.05) is 23.0 Å². The van der Waals surface area contributed by atoms with Gasteiger partial charge in [0.15, 0.2) is 5.16 Å². The van der Waals surface area contributed by atoms with Gasteiger partial charge in [-0.25, -0.2) is 0 Å². The molecule has 0 atom stereocenters. The molecule has 0 saturated heterocycles. The van der Waals surface area contributed by atoms with Gasteiger partial charge < -0.3 is 20.1 Å². The number of nitrogens with zero attached hydrogens (tertiary/aromatic N) is 5. The Balaban J connectivity index is 2.06. The van der Waals surface area contributed by atoms with Crippen LogP contribution in [0.5, 0.6) is 0 Å². The Kier molecular flexibility index (Phi) is 5.06. The Morgan fingerprint density at radius 3 is 3.05 bits per heavy atom. The maximum atomic E-state index is 11.3. The number of allylic oxidation sites excluding steroid dienone is 1. The number of hydrogen-bond acceptors (Lipinski definition) is 8. The zero-order chi connectivity index (χ0) is 15.2. The number of carbonyl (C=O) groups is 1. The predicted octanol–water partition coefficient (Wildman–Crippen LogP) is -0.0423. The number of nitrogens with two attached hydrogens (primary N) is 1. The van der Waals surface area contributed by atoms with Crippen molar-refractivity contribution in [1.29, 1.82) is 0 Å². The molecule has 112 valence electrons. The van der Waals surface area contributed by atoms with Crippen LogP contribution in [-0.4, -0.2) is 37.9 Å². The van der Waals surface area contributed by atoms with Crippen LogP contribution >= 0.6 is 11.8 Å². The molecule has 1 amide bonds. The summed E-state index contributed by atoms with van der Waals surface area (Å²) in [7, 11) is 1.50. The number of nitrogens with one attached hydrogen (secondary N) is 1. The molecule has 9 nitrogen and oxygen atoms in total. The molecule has 2 heterocycles. The van der Waals surface area contributed by atoms with E-state index < -0.39 is 5.91 Å². The minimum absolute atomic E-state index is 0.00306. The molecule has 2 aromatic rings. The lowest BCUT2D eigenvalue weighted by Crippen LogP contribution is -2.19. The molecular weight excluding hydrogens is 294 g/mol. The van der Waals surface area contributed by atoms with Crippen molar-refractivity contribution in [2.75, 3.05) is 7.05 Å². The highest BCUT2D eigenvalue weighted by atomic mass is 32.2. The second-order valence-corrected chi connectivity index (χ2v) is 4.82. The number of hydrogen-bond donors (Lipinski definition) is 2. The third kappa shape index (κ3) is 3.47. The molecule has 0 aromatic carbocycles. The van der Waals surface area contributed by atoms with E-state index in [9.17, 15) is 4.79 Å². The number of thioether (sulfide) groups is 1. The normalized spacial score (nSPS) is 10.6. The van der Waals surface area contributed by atoms with Crippen LogP contribution in [0, 0.1) is 0 Å². The summed E-state index contributed by atoms with van der Waals surface area (Å²) in [4.78, 5) is 15.3. The molecule has 0 bridgehead atoms. The molecule has 2 aromatic heterocycles.